The van der Waals surface area contributed by atoms with Crippen LogP contribution in [0.5, 0.6) is 5.75 Å². The molecule has 0 unspecified atom stereocenters. The van der Waals surface area contributed by atoms with Crippen molar-refractivity contribution in [2.75, 3.05) is 11.9 Å². The number of hydrogen-bond donors (Lipinski definition) is 2. The number of rotatable bonds is 5. The molecule has 0 bridgehead atoms. The lowest BCUT2D eigenvalue weighted by Crippen LogP contribution is -2.16. The summed E-state index contributed by atoms with van der Waals surface area (Å²) in [4.78, 5) is 16.0. The van der Waals surface area contributed by atoms with Gasteiger partial charge in [-0.3, -0.25) is 9.79 Å². The molecule has 0 aliphatic rings. The molecule has 0 atom stereocenters. The predicted octanol–water partition coefficient (Wildman–Crippen LogP) is 4.32. The van der Waals surface area contributed by atoms with E-state index in [9.17, 15) is 9.90 Å². The number of hydrogen-bond acceptors (Lipinski definition) is 3. The number of para-hydroxylation sites is 1. The molecule has 0 saturated heterocycles. The Morgan fingerprint density at radius 2 is 2.04 bits per heavy atom. The predicted molar refractivity (Wildman–Crippen MR) is 95.0 cm³/mol. The Kier molecular flexibility index (Phi) is 6.02. The molecule has 1 amide bonds. The number of aryl methyl sites for hydroxylation is 1. The fraction of sp³-hybridized carbons (Fsp3) is 0.176. The molecule has 2 aromatic rings. The number of carbonyl (C=O) groups excluding carboxylic acids is 1. The first-order valence-electron chi connectivity index (χ1n) is 7.07. The maximum absolute atomic E-state index is 12.0. The van der Waals surface area contributed by atoms with E-state index in [-0.39, 0.29) is 23.2 Å². The summed E-state index contributed by atoms with van der Waals surface area (Å²) in [7, 11) is 0. The number of aliphatic imine (C=N–C) groups is 1. The molecular weight excluding hydrogens is 335 g/mol. The van der Waals surface area contributed by atoms with Crippen molar-refractivity contribution in [2.24, 2.45) is 4.99 Å². The third-order valence-corrected chi connectivity index (χ3v) is 3.70. The normalized spacial score (nSPS) is 10.9. The highest BCUT2D eigenvalue weighted by Crippen LogP contribution is 2.29. The lowest BCUT2D eigenvalue weighted by Gasteiger charge is -2.08. The molecule has 4 nitrogen and oxygen atoms in total. The van der Waals surface area contributed by atoms with E-state index in [0.717, 1.165) is 17.7 Å². The van der Waals surface area contributed by atoms with Crippen molar-refractivity contribution in [1.29, 1.82) is 0 Å². The standard InChI is InChI=1S/C17H16Cl2N2O2/c1-2-11-5-3-4-6-15(11)21-16(22)10-20-9-12-7-13(18)8-14(19)17(12)23/h3-9,23H,2,10H2,1H3,(H,21,22). The van der Waals surface area contributed by atoms with Gasteiger partial charge in [0.2, 0.25) is 5.91 Å². The topological polar surface area (TPSA) is 61.7 Å². The third-order valence-electron chi connectivity index (χ3n) is 3.20. The van der Waals surface area contributed by atoms with E-state index in [4.69, 9.17) is 23.2 Å². The van der Waals surface area contributed by atoms with Gasteiger partial charge in [-0.15, -0.1) is 0 Å². The van der Waals surface area contributed by atoms with Gasteiger partial charge >= 0.3 is 0 Å². The van der Waals surface area contributed by atoms with Crippen LogP contribution in [0.2, 0.25) is 10.0 Å². The van der Waals surface area contributed by atoms with Gasteiger partial charge in [-0.05, 0) is 30.2 Å². The van der Waals surface area contributed by atoms with Crippen LogP contribution in [0.25, 0.3) is 0 Å². The third kappa shape index (κ3) is 4.71. The Morgan fingerprint density at radius 3 is 2.78 bits per heavy atom. The highest BCUT2D eigenvalue weighted by molar-refractivity contribution is 6.36. The van der Waals surface area contributed by atoms with Crippen molar-refractivity contribution >= 4 is 41.0 Å². The minimum absolute atomic E-state index is 0.0678. The van der Waals surface area contributed by atoms with Gasteiger partial charge < -0.3 is 10.4 Å². The molecule has 2 aromatic carbocycles. The number of phenols is 1. The number of amides is 1. The number of nitrogens with one attached hydrogen (secondary N) is 1. The fourth-order valence-corrected chi connectivity index (χ4v) is 2.56. The van der Waals surface area contributed by atoms with E-state index >= 15 is 0 Å². The van der Waals surface area contributed by atoms with Gasteiger partial charge in [0.1, 0.15) is 12.3 Å². The summed E-state index contributed by atoms with van der Waals surface area (Å²) in [6.07, 6.45) is 2.20. The lowest BCUT2D eigenvalue weighted by atomic mass is 10.1. The fourth-order valence-electron chi connectivity index (χ4n) is 2.05. The molecule has 0 aliphatic heterocycles. The molecule has 23 heavy (non-hydrogen) atoms. The van der Waals surface area contributed by atoms with Gasteiger partial charge in [-0.1, -0.05) is 48.3 Å². The molecule has 0 spiro atoms. The number of benzene rings is 2. The molecule has 2 N–H and O–H groups in total. The molecule has 120 valence electrons. The maximum atomic E-state index is 12.0. The van der Waals surface area contributed by atoms with Crippen LogP contribution in [-0.4, -0.2) is 23.8 Å². The minimum atomic E-state index is -0.241. The Labute approximate surface area is 144 Å². The minimum Gasteiger partial charge on any atom is -0.506 e. The summed E-state index contributed by atoms with van der Waals surface area (Å²) in [5.41, 5.74) is 2.21. The first kappa shape index (κ1) is 17.3. The number of anilines is 1. The smallest absolute Gasteiger partial charge is 0.246 e. The zero-order valence-corrected chi connectivity index (χ0v) is 14.0. The van der Waals surface area contributed by atoms with E-state index in [0.29, 0.717) is 10.6 Å². The summed E-state index contributed by atoms with van der Waals surface area (Å²) in [5, 5.41) is 13.2. The first-order chi connectivity index (χ1) is 11.0. The largest absolute Gasteiger partial charge is 0.506 e. The second-order valence-electron chi connectivity index (χ2n) is 4.85. The van der Waals surface area contributed by atoms with Crippen molar-refractivity contribution in [3.63, 3.8) is 0 Å². The molecule has 0 aliphatic carbocycles. The molecular formula is C17H16Cl2N2O2. The zero-order chi connectivity index (χ0) is 16.8. The highest BCUT2D eigenvalue weighted by atomic mass is 35.5. The zero-order valence-electron chi connectivity index (χ0n) is 12.5. The van der Waals surface area contributed by atoms with Gasteiger partial charge in [0.15, 0.2) is 0 Å². The van der Waals surface area contributed by atoms with Crippen LogP contribution < -0.4 is 5.32 Å². The molecule has 0 heterocycles. The Hall–Kier alpha value is -2.04. The number of nitrogens with zero attached hydrogens (tertiary/aromatic N) is 1. The first-order valence-corrected chi connectivity index (χ1v) is 7.82. The van der Waals surface area contributed by atoms with Gasteiger partial charge in [-0.25, -0.2) is 0 Å². The SMILES string of the molecule is CCc1ccccc1NC(=O)CN=Cc1cc(Cl)cc(Cl)c1O. The van der Waals surface area contributed by atoms with Crippen LogP contribution in [0.15, 0.2) is 41.4 Å². The molecule has 0 radical (unpaired) electrons. The van der Waals surface area contributed by atoms with Crippen molar-refractivity contribution in [2.45, 2.75) is 13.3 Å². The molecule has 0 fully saturated rings. The van der Waals surface area contributed by atoms with Crippen molar-refractivity contribution in [1.82, 2.24) is 0 Å². The maximum Gasteiger partial charge on any atom is 0.246 e. The molecule has 0 aromatic heterocycles. The van der Waals surface area contributed by atoms with Crippen molar-refractivity contribution < 1.29 is 9.90 Å². The molecule has 0 saturated carbocycles. The second-order valence-corrected chi connectivity index (χ2v) is 5.70. The van der Waals surface area contributed by atoms with Crippen LogP contribution in [0, 0.1) is 0 Å². The molecule has 6 heteroatoms. The van der Waals surface area contributed by atoms with E-state index in [1.54, 1.807) is 0 Å². The van der Waals surface area contributed by atoms with E-state index in [1.807, 2.05) is 31.2 Å². The van der Waals surface area contributed by atoms with Crippen LogP contribution >= 0.6 is 23.2 Å². The quantitative estimate of drug-likeness (QED) is 0.788. The van der Waals surface area contributed by atoms with Gasteiger partial charge in [0.05, 0.1) is 5.02 Å². The van der Waals surface area contributed by atoms with Crippen LogP contribution in [-0.2, 0) is 11.2 Å². The summed E-state index contributed by atoms with van der Waals surface area (Å²) in [6, 6.07) is 10.6. The van der Waals surface area contributed by atoms with Gasteiger partial charge in [0, 0.05) is 22.5 Å². The monoisotopic (exact) mass is 350 g/mol. The summed E-state index contributed by atoms with van der Waals surface area (Å²) in [6.45, 7) is 1.95. The second kappa shape index (κ2) is 7.99. The summed E-state index contributed by atoms with van der Waals surface area (Å²) < 4.78 is 0. The van der Waals surface area contributed by atoms with Crippen molar-refractivity contribution in [3.05, 3.63) is 57.6 Å². The number of phenolic OH excluding ortho intramolecular Hbond substituents is 1. The van der Waals surface area contributed by atoms with Crippen molar-refractivity contribution in [3.8, 4) is 5.75 Å². The Morgan fingerprint density at radius 1 is 1.30 bits per heavy atom. The summed E-state index contributed by atoms with van der Waals surface area (Å²) >= 11 is 11.7. The lowest BCUT2D eigenvalue weighted by molar-refractivity contribution is -0.114. The van der Waals surface area contributed by atoms with Gasteiger partial charge in [-0.2, -0.15) is 0 Å². The van der Waals surface area contributed by atoms with Crippen LogP contribution in [0.3, 0.4) is 0 Å². The number of halogens is 2. The van der Waals surface area contributed by atoms with Gasteiger partial charge in [0.25, 0.3) is 0 Å². The highest BCUT2D eigenvalue weighted by Gasteiger charge is 2.07. The average Bonchev–Trinajstić information content (AvgIpc) is 2.52. The molecule has 2 rings (SSSR count). The van der Waals surface area contributed by atoms with Crippen LogP contribution in [0.1, 0.15) is 18.1 Å². The number of carbonyl (C=O) groups is 1. The van der Waals surface area contributed by atoms with Crippen LogP contribution in [0.4, 0.5) is 5.69 Å². The van der Waals surface area contributed by atoms with E-state index < -0.39 is 0 Å². The van der Waals surface area contributed by atoms with E-state index in [1.165, 1.54) is 18.3 Å². The number of aromatic hydroxyl groups is 1. The Balaban J connectivity index is 2.02. The van der Waals surface area contributed by atoms with E-state index in [2.05, 4.69) is 10.3 Å². The average molecular weight is 351 g/mol. The summed E-state index contributed by atoms with van der Waals surface area (Å²) in [5.74, 6) is -0.355. The Bertz CT molecular complexity index is 745.